The van der Waals surface area contributed by atoms with E-state index in [0.717, 1.165) is 37.1 Å². The standard InChI is InChI=1S/C13H22BrN3O/c1-3-5-7-17(8-6-14)12-10-15-11-13(16-12)18-9-4-2/h10-11H,3-9H2,1-2H3. The first-order valence-electron chi connectivity index (χ1n) is 6.57. The molecule has 0 bridgehead atoms. The normalized spacial score (nSPS) is 10.4. The molecular weight excluding hydrogens is 294 g/mol. The van der Waals surface area contributed by atoms with Gasteiger partial charge in [0, 0.05) is 18.4 Å². The highest BCUT2D eigenvalue weighted by atomic mass is 79.9. The second-order valence-corrected chi connectivity index (χ2v) is 4.89. The van der Waals surface area contributed by atoms with Crippen LogP contribution in [0, 0.1) is 0 Å². The molecule has 1 rings (SSSR count). The fourth-order valence-corrected chi connectivity index (χ4v) is 1.99. The lowest BCUT2D eigenvalue weighted by molar-refractivity contribution is 0.304. The first kappa shape index (κ1) is 15.2. The van der Waals surface area contributed by atoms with Gasteiger partial charge in [0.15, 0.2) is 5.82 Å². The molecule has 0 aliphatic heterocycles. The zero-order chi connectivity index (χ0) is 13.2. The molecule has 0 amide bonds. The summed E-state index contributed by atoms with van der Waals surface area (Å²) in [6.45, 7) is 6.90. The molecule has 0 atom stereocenters. The number of aromatic nitrogens is 2. The Balaban J connectivity index is 2.70. The van der Waals surface area contributed by atoms with Crippen molar-refractivity contribution in [2.75, 3.05) is 29.9 Å². The SMILES string of the molecule is CCCCN(CCBr)c1cncc(OCCC)n1. The molecule has 0 aliphatic carbocycles. The van der Waals surface area contributed by atoms with Crippen LogP contribution < -0.4 is 9.64 Å². The van der Waals surface area contributed by atoms with Crippen LogP contribution >= 0.6 is 15.9 Å². The van der Waals surface area contributed by atoms with E-state index in [1.54, 1.807) is 12.4 Å². The van der Waals surface area contributed by atoms with Crippen molar-refractivity contribution in [1.29, 1.82) is 0 Å². The van der Waals surface area contributed by atoms with Gasteiger partial charge in [-0.05, 0) is 12.8 Å². The lowest BCUT2D eigenvalue weighted by Gasteiger charge is -2.22. The Hall–Kier alpha value is -0.840. The van der Waals surface area contributed by atoms with Gasteiger partial charge in [-0.25, -0.2) is 0 Å². The summed E-state index contributed by atoms with van der Waals surface area (Å²) in [6, 6.07) is 0. The average Bonchev–Trinajstić information content (AvgIpc) is 2.41. The van der Waals surface area contributed by atoms with E-state index in [-0.39, 0.29) is 0 Å². The zero-order valence-electron chi connectivity index (χ0n) is 11.2. The minimum atomic E-state index is 0.616. The van der Waals surface area contributed by atoms with Gasteiger partial charge >= 0.3 is 0 Å². The van der Waals surface area contributed by atoms with Crippen LogP contribution in [0.25, 0.3) is 0 Å². The maximum atomic E-state index is 5.52. The fourth-order valence-electron chi connectivity index (χ4n) is 1.56. The van der Waals surface area contributed by atoms with Crippen molar-refractivity contribution in [2.45, 2.75) is 33.1 Å². The van der Waals surface area contributed by atoms with Crippen LogP contribution in [0.15, 0.2) is 12.4 Å². The number of nitrogens with zero attached hydrogens (tertiary/aromatic N) is 3. The number of unbranched alkanes of at least 4 members (excludes halogenated alkanes) is 1. The van der Waals surface area contributed by atoms with Crippen molar-refractivity contribution in [1.82, 2.24) is 9.97 Å². The van der Waals surface area contributed by atoms with E-state index in [2.05, 4.69) is 44.6 Å². The van der Waals surface area contributed by atoms with E-state index < -0.39 is 0 Å². The summed E-state index contributed by atoms with van der Waals surface area (Å²) in [4.78, 5) is 10.9. The molecule has 0 N–H and O–H groups in total. The Bertz CT molecular complexity index is 336. The summed E-state index contributed by atoms with van der Waals surface area (Å²) < 4.78 is 5.52. The van der Waals surface area contributed by atoms with E-state index >= 15 is 0 Å². The number of anilines is 1. The number of hydrogen-bond donors (Lipinski definition) is 0. The van der Waals surface area contributed by atoms with Gasteiger partial charge in [-0.3, -0.25) is 4.98 Å². The first-order valence-corrected chi connectivity index (χ1v) is 7.69. The van der Waals surface area contributed by atoms with E-state index in [9.17, 15) is 0 Å². The molecule has 0 spiro atoms. The monoisotopic (exact) mass is 315 g/mol. The summed E-state index contributed by atoms with van der Waals surface area (Å²) in [5.74, 6) is 1.52. The third kappa shape index (κ3) is 5.21. The molecule has 4 nitrogen and oxygen atoms in total. The van der Waals surface area contributed by atoms with Gasteiger partial charge in [0.1, 0.15) is 0 Å². The highest BCUT2D eigenvalue weighted by Gasteiger charge is 2.08. The minimum absolute atomic E-state index is 0.616. The third-order valence-corrected chi connectivity index (χ3v) is 2.87. The largest absolute Gasteiger partial charge is 0.477 e. The molecule has 0 aliphatic rings. The van der Waals surface area contributed by atoms with Crippen LogP contribution in [0.5, 0.6) is 5.88 Å². The predicted octanol–water partition coefficient (Wildman–Crippen LogP) is 3.27. The van der Waals surface area contributed by atoms with Gasteiger partial charge < -0.3 is 9.64 Å². The summed E-state index contributed by atoms with van der Waals surface area (Å²) >= 11 is 3.48. The Morgan fingerprint density at radius 2 is 2.06 bits per heavy atom. The van der Waals surface area contributed by atoms with Gasteiger partial charge in [0.05, 0.1) is 19.0 Å². The summed E-state index contributed by atoms with van der Waals surface area (Å²) in [5.41, 5.74) is 0. The Kier molecular flexibility index (Phi) is 7.73. The van der Waals surface area contributed by atoms with Gasteiger partial charge in [-0.2, -0.15) is 4.98 Å². The Morgan fingerprint density at radius 1 is 1.22 bits per heavy atom. The Labute approximate surface area is 118 Å². The van der Waals surface area contributed by atoms with Crippen molar-refractivity contribution < 1.29 is 4.74 Å². The van der Waals surface area contributed by atoms with Crippen LogP contribution in [0.3, 0.4) is 0 Å². The topological polar surface area (TPSA) is 38.2 Å². The van der Waals surface area contributed by atoms with Crippen LogP contribution in [0.4, 0.5) is 5.82 Å². The van der Waals surface area contributed by atoms with Crippen molar-refractivity contribution in [3.8, 4) is 5.88 Å². The van der Waals surface area contributed by atoms with Crippen molar-refractivity contribution in [3.05, 3.63) is 12.4 Å². The quantitative estimate of drug-likeness (QED) is 0.656. The molecule has 0 radical (unpaired) electrons. The number of ether oxygens (including phenoxy) is 1. The average molecular weight is 316 g/mol. The molecule has 0 saturated heterocycles. The zero-order valence-corrected chi connectivity index (χ0v) is 12.8. The molecule has 0 aromatic carbocycles. The predicted molar refractivity (Wildman–Crippen MR) is 78.7 cm³/mol. The third-order valence-electron chi connectivity index (χ3n) is 2.51. The van der Waals surface area contributed by atoms with Crippen molar-refractivity contribution in [3.63, 3.8) is 0 Å². The number of alkyl halides is 1. The van der Waals surface area contributed by atoms with Crippen LogP contribution in [-0.2, 0) is 0 Å². The molecule has 18 heavy (non-hydrogen) atoms. The van der Waals surface area contributed by atoms with Crippen LogP contribution in [-0.4, -0.2) is 35.0 Å². The van der Waals surface area contributed by atoms with Crippen LogP contribution in [0.2, 0.25) is 0 Å². The maximum Gasteiger partial charge on any atom is 0.234 e. The van der Waals surface area contributed by atoms with Crippen molar-refractivity contribution >= 4 is 21.7 Å². The summed E-state index contributed by atoms with van der Waals surface area (Å²) in [6.07, 6.45) is 6.79. The summed E-state index contributed by atoms with van der Waals surface area (Å²) in [5, 5.41) is 0.929. The fraction of sp³-hybridized carbons (Fsp3) is 0.692. The van der Waals surface area contributed by atoms with E-state index in [1.165, 1.54) is 6.42 Å². The van der Waals surface area contributed by atoms with E-state index in [4.69, 9.17) is 4.74 Å². The molecular formula is C13H22BrN3O. The van der Waals surface area contributed by atoms with E-state index in [0.29, 0.717) is 12.5 Å². The highest BCUT2D eigenvalue weighted by molar-refractivity contribution is 9.09. The molecule has 0 fully saturated rings. The maximum absolute atomic E-state index is 5.52. The molecule has 1 aromatic rings. The second kappa shape index (κ2) is 9.14. The number of rotatable bonds is 9. The smallest absolute Gasteiger partial charge is 0.234 e. The summed E-state index contributed by atoms with van der Waals surface area (Å²) in [7, 11) is 0. The van der Waals surface area contributed by atoms with Gasteiger partial charge in [-0.1, -0.05) is 36.2 Å². The number of hydrogen-bond acceptors (Lipinski definition) is 4. The lowest BCUT2D eigenvalue weighted by Crippen LogP contribution is -2.27. The highest BCUT2D eigenvalue weighted by Crippen LogP contribution is 2.15. The molecule has 1 aromatic heterocycles. The van der Waals surface area contributed by atoms with Gasteiger partial charge in [-0.15, -0.1) is 0 Å². The Morgan fingerprint density at radius 3 is 2.72 bits per heavy atom. The van der Waals surface area contributed by atoms with Gasteiger partial charge in [0.2, 0.25) is 5.88 Å². The lowest BCUT2D eigenvalue weighted by atomic mass is 10.3. The molecule has 1 heterocycles. The minimum Gasteiger partial charge on any atom is -0.477 e. The molecule has 102 valence electrons. The van der Waals surface area contributed by atoms with Crippen molar-refractivity contribution in [2.24, 2.45) is 0 Å². The second-order valence-electron chi connectivity index (χ2n) is 4.09. The van der Waals surface area contributed by atoms with Gasteiger partial charge in [0.25, 0.3) is 0 Å². The van der Waals surface area contributed by atoms with Crippen LogP contribution in [0.1, 0.15) is 33.1 Å². The number of halogens is 1. The van der Waals surface area contributed by atoms with E-state index in [1.807, 2.05) is 0 Å². The molecule has 5 heteroatoms. The molecule has 0 saturated carbocycles. The molecule has 0 unspecified atom stereocenters. The first-order chi connectivity index (χ1) is 8.81.